The molecule has 3 rings (SSSR count). The summed E-state index contributed by atoms with van der Waals surface area (Å²) in [6.45, 7) is 2.17. The minimum Gasteiger partial charge on any atom is -0.337 e. The lowest BCUT2D eigenvalue weighted by Crippen LogP contribution is -2.37. The molecule has 0 unspecified atom stereocenters. The van der Waals surface area contributed by atoms with Crippen LogP contribution in [0.3, 0.4) is 0 Å². The molecule has 0 radical (unpaired) electrons. The summed E-state index contributed by atoms with van der Waals surface area (Å²) in [5.41, 5.74) is 3.08. The van der Waals surface area contributed by atoms with Crippen LogP contribution in [0.25, 0.3) is 10.6 Å². The zero-order valence-electron chi connectivity index (χ0n) is 15.8. The van der Waals surface area contributed by atoms with E-state index in [0.717, 1.165) is 28.4 Å². The highest BCUT2D eigenvalue weighted by Gasteiger charge is 2.17. The molecule has 3 aromatic rings. The van der Waals surface area contributed by atoms with Gasteiger partial charge in [-0.1, -0.05) is 60.7 Å². The third kappa shape index (κ3) is 5.74. The maximum absolute atomic E-state index is 12.9. The predicted octanol–water partition coefficient (Wildman–Crippen LogP) is 3.94. The quantitative estimate of drug-likeness (QED) is 0.595. The minimum absolute atomic E-state index is 0.116. The Morgan fingerprint density at radius 1 is 0.963 bits per heavy atom. The molecule has 0 saturated heterocycles. The first kappa shape index (κ1) is 19.3. The zero-order valence-corrected chi connectivity index (χ0v) is 16.7. The van der Waals surface area contributed by atoms with E-state index in [0.29, 0.717) is 19.5 Å². The number of carbonyl (C=O) groups is 1. The number of amides is 1. The summed E-state index contributed by atoms with van der Waals surface area (Å²) in [5.74, 6) is 0.116. The number of carbonyl (C=O) groups excluding carboxylic acids is 1. The Kier molecular flexibility index (Phi) is 6.74. The van der Waals surface area contributed by atoms with Crippen molar-refractivity contribution in [2.75, 3.05) is 27.2 Å². The average molecular weight is 380 g/mol. The monoisotopic (exact) mass is 379 g/mol. The van der Waals surface area contributed by atoms with Crippen LogP contribution in [-0.2, 0) is 17.8 Å². The smallest absolute Gasteiger partial charge is 0.228 e. The Morgan fingerprint density at radius 3 is 2.30 bits per heavy atom. The van der Waals surface area contributed by atoms with Gasteiger partial charge in [0.2, 0.25) is 5.91 Å². The molecule has 140 valence electrons. The molecule has 2 aromatic carbocycles. The van der Waals surface area contributed by atoms with E-state index in [1.54, 1.807) is 11.3 Å². The first-order valence-corrected chi connectivity index (χ1v) is 9.96. The summed E-state index contributed by atoms with van der Waals surface area (Å²) >= 11 is 1.59. The van der Waals surface area contributed by atoms with E-state index in [-0.39, 0.29) is 5.91 Å². The van der Waals surface area contributed by atoms with Crippen LogP contribution in [0.5, 0.6) is 0 Å². The lowest BCUT2D eigenvalue weighted by molar-refractivity contribution is -0.131. The Morgan fingerprint density at radius 2 is 1.63 bits per heavy atom. The molecule has 1 heterocycles. The fraction of sp³-hybridized carbons (Fsp3) is 0.273. The lowest BCUT2D eigenvalue weighted by Gasteiger charge is -2.24. The SMILES string of the molecule is CN(C)CCN(Cc1ccccc1)C(=O)Cc1csc(-c2ccccc2)n1. The van der Waals surface area contributed by atoms with Crippen LogP contribution in [0.2, 0.25) is 0 Å². The molecule has 1 amide bonds. The normalized spacial score (nSPS) is 10.9. The van der Waals surface area contributed by atoms with Gasteiger partial charge >= 0.3 is 0 Å². The summed E-state index contributed by atoms with van der Waals surface area (Å²) in [5, 5.41) is 2.95. The van der Waals surface area contributed by atoms with Gasteiger partial charge in [0.05, 0.1) is 12.1 Å². The van der Waals surface area contributed by atoms with Crippen LogP contribution in [0, 0.1) is 0 Å². The molecule has 0 atom stereocenters. The molecule has 27 heavy (non-hydrogen) atoms. The van der Waals surface area contributed by atoms with Gasteiger partial charge in [-0.15, -0.1) is 11.3 Å². The summed E-state index contributed by atoms with van der Waals surface area (Å²) < 4.78 is 0. The highest BCUT2D eigenvalue weighted by molar-refractivity contribution is 7.13. The summed E-state index contributed by atoms with van der Waals surface area (Å²) in [7, 11) is 4.05. The fourth-order valence-corrected chi connectivity index (χ4v) is 3.61. The molecule has 0 aliphatic heterocycles. The van der Waals surface area contributed by atoms with E-state index in [4.69, 9.17) is 0 Å². The average Bonchev–Trinajstić information content (AvgIpc) is 3.15. The number of benzene rings is 2. The van der Waals surface area contributed by atoms with Crippen LogP contribution in [-0.4, -0.2) is 47.9 Å². The van der Waals surface area contributed by atoms with Gasteiger partial charge in [0.1, 0.15) is 5.01 Å². The van der Waals surface area contributed by atoms with Gasteiger partial charge in [-0.25, -0.2) is 4.98 Å². The van der Waals surface area contributed by atoms with E-state index in [9.17, 15) is 4.79 Å². The van der Waals surface area contributed by atoms with Gasteiger partial charge in [-0.05, 0) is 19.7 Å². The van der Waals surface area contributed by atoms with E-state index < -0.39 is 0 Å². The van der Waals surface area contributed by atoms with Crippen molar-refractivity contribution in [3.8, 4) is 10.6 Å². The summed E-state index contributed by atoms with van der Waals surface area (Å²) in [4.78, 5) is 21.6. The topological polar surface area (TPSA) is 36.4 Å². The number of likely N-dealkylation sites (N-methyl/N-ethyl adjacent to an activating group) is 1. The number of hydrogen-bond donors (Lipinski definition) is 0. The second-order valence-corrected chi connectivity index (χ2v) is 7.65. The first-order valence-electron chi connectivity index (χ1n) is 9.08. The molecule has 0 spiro atoms. The van der Waals surface area contributed by atoms with E-state index in [2.05, 4.69) is 22.0 Å². The minimum atomic E-state index is 0.116. The number of aromatic nitrogens is 1. The number of thiazole rings is 1. The van der Waals surface area contributed by atoms with Gasteiger partial charge in [0.25, 0.3) is 0 Å². The molecular weight excluding hydrogens is 354 g/mol. The van der Waals surface area contributed by atoms with E-state index >= 15 is 0 Å². The Labute approximate surface area is 165 Å². The van der Waals surface area contributed by atoms with Crippen LogP contribution < -0.4 is 0 Å². The highest BCUT2D eigenvalue weighted by Crippen LogP contribution is 2.23. The lowest BCUT2D eigenvalue weighted by atomic mass is 10.2. The number of nitrogens with zero attached hydrogens (tertiary/aromatic N) is 3. The Hall–Kier alpha value is -2.50. The molecule has 4 nitrogen and oxygen atoms in total. The van der Waals surface area contributed by atoms with Gasteiger partial charge in [0.15, 0.2) is 0 Å². The summed E-state index contributed by atoms with van der Waals surface area (Å²) in [6, 6.07) is 20.2. The maximum Gasteiger partial charge on any atom is 0.228 e. The van der Waals surface area contributed by atoms with Gasteiger partial charge in [-0.3, -0.25) is 4.79 Å². The maximum atomic E-state index is 12.9. The van der Waals surface area contributed by atoms with Crippen molar-refractivity contribution in [3.05, 3.63) is 77.3 Å². The standard InChI is InChI=1S/C22H25N3OS/c1-24(2)13-14-25(16-18-9-5-3-6-10-18)21(26)15-20-17-27-22(23-20)19-11-7-4-8-12-19/h3-12,17H,13-16H2,1-2H3. The predicted molar refractivity (Wildman–Crippen MR) is 112 cm³/mol. The Bertz CT molecular complexity index is 846. The number of hydrogen-bond acceptors (Lipinski definition) is 4. The van der Waals surface area contributed by atoms with Crippen molar-refractivity contribution in [3.63, 3.8) is 0 Å². The zero-order chi connectivity index (χ0) is 19.1. The van der Waals surface area contributed by atoms with Gasteiger partial charge < -0.3 is 9.80 Å². The van der Waals surface area contributed by atoms with Crippen molar-refractivity contribution >= 4 is 17.2 Å². The highest BCUT2D eigenvalue weighted by atomic mass is 32.1. The van der Waals surface area contributed by atoms with E-state index in [1.165, 1.54) is 0 Å². The summed E-state index contributed by atoms with van der Waals surface area (Å²) in [6.07, 6.45) is 0.337. The van der Waals surface area contributed by atoms with Crippen LogP contribution in [0.1, 0.15) is 11.3 Å². The fourth-order valence-electron chi connectivity index (χ4n) is 2.78. The van der Waals surface area contributed by atoms with Crippen LogP contribution in [0.15, 0.2) is 66.0 Å². The van der Waals surface area contributed by atoms with Gasteiger partial charge in [-0.2, -0.15) is 0 Å². The van der Waals surface area contributed by atoms with Crippen molar-refractivity contribution in [1.82, 2.24) is 14.8 Å². The second kappa shape index (κ2) is 9.44. The van der Waals surface area contributed by atoms with Crippen LogP contribution >= 0.6 is 11.3 Å². The molecule has 0 aliphatic carbocycles. The van der Waals surface area contributed by atoms with Crippen molar-refractivity contribution in [2.24, 2.45) is 0 Å². The molecule has 5 heteroatoms. The third-order valence-corrected chi connectivity index (χ3v) is 5.23. The Balaban J connectivity index is 1.69. The van der Waals surface area contributed by atoms with Gasteiger partial charge in [0, 0.05) is 30.6 Å². The molecule has 0 bridgehead atoms. The molecule has 1 aromatic heterocycles. The molecule has 0 saturated carbocycles. The molecule has 0 fully saturated rings. The van der Waals surface area contributed by atoms with Crippen molar-refractivity contribution in [2.45, 2.75) is 13.0 Å². The largest absolute Gasteiger partial charge is 0.337 e. The second-order valence-electron chi connectivity index (χ2n) is 6.79. The van der Waals surface area contributed by atoms with Crippen molar-refractivity contribution < 1.29 is 4.79 Å². The molecule has 0 N–H and O–H groups in total. The van der Waals surface area contributed by atoms with Crippen LogP contribution in [0.4, 0.5) is 0 Å². The number of rotatable bonds is 8. The first-order chi connectivity index (χ1) is 13.1. The van der Waals surface area contributed by atoms with E-state index in [1.807, 2.05) is 72.9 Å². The molecular formula is C22H25N3OS. The molecule has 0 aliphatic rings. The van der Waals surface area contributed by atoms with Crippen molar-refractivity contribution in [1.29, 1.82) is 0 Å². The third-order valence-electron chi connectivity index (χ3n) is 4.29.